The highest BCUT2D eigenvalue weighted by atomic mass is 35.5. The normalized spacial score (nSPS) is 22.2. The van der Waals surface area contributed by atoms with E-state index in [1.807, 2.05) is 12.1 Å². The van der Waals surface area contributed by atoms with E-state index in [4.69, 9.17) is 17.4 Å². The van der Waals surface area contributed by atoms with Gasteiger partial charge in [-0.1, -0.05) is 17.7 Å². The van der Waals surface area contributed by atoms with Crippen LogP contribution in [0, 0.1) is 0 Å². The van der Waals surface area contributed by atoms with Crippen molar-refractivity contribution in [3.8, 4) is 0 Å². The summed E-state index contributed by atoms with van der Waals surface area (Å²) in [6.45, 7) is 2.01. The van der Waals surface area contributed by atoms with Gasteiger partial charge in [-0.15, -0.1) is 0 Å². The van der Waals surface area contributed by atoms with E-state index >= 15 is 0 Å². The maximum Gasteiger partial charge on any atom is 0.0475 e. The Hall–Kier alpha value is -0.610. The zero-order valence-electron chi connectivity index (χ0n) is 8.83. The molecule has 0 aromatic heterocycles. The first-order chi connectivity index (χ1) is 7.20. The molecule has 3 nitrogen and oxygen atoms in total. The van der Waals surface area contributed by atoms with Crippen LogP contribution >= 0.6 is 11.6 Å². The van der Waals surface area contributed by atoms with E-state index in [0.717, 1.165) is 24.5 Å². The second-order valence-electron chi connectivity index (χ2n) is 4.09. The van der Waals surface area contributed by atoms with Gasteiger partial charge in [0, 0.05) is 24.2 Å². The molecule has 0 saturated carbocycles. The monoisotopic (exact) mass is 225 g/mol. The minimum Gasteiger partial charge on any atom is -0.302 e. The molecular weight excluding hydrogens is 210 g/mol. The van der Waals surface area contributed by atoms with Gasteiger partial charge in [0.2, 0.25) is 0 Å². The van der Waals surface area contributed by atoms with Crippen molar-refractivity contribution in [2.45, 2.75) is 19.0 Å². The van der Waals surface area contributed by atoms with Crippen LogP contribution in [0.25, 0.3) is 0 Å². The molecule has 1 aromatic rings. The number of nitrogens with zero attached hydrogens (tertiary/aromatic N) is 1. The second kappa shape index (κ2) is 4.49. The summed E-state index contributed by atoms with van der Waals surface area (Å²) >= 11 is 6.01. The molecule has 2 rings (SSSR count). The van der Waals surface area contributed by atoms with Gasteiger partial charge < -0.3 is 4.90 Å². The van der Waals surface area contributed by atoms with Crippen LogP contribution in [0.2, 0.25) is 5.02 Å². The summed E-state index contributed by atoms with van der Waals surface area (Å²) in [6, 6.07) is 6.25. The van der Waals surface area contributed by atoms with Gasteiger partial charge in [0.25, 0.3) is 0 Å². The number of benzene rings is 1. The largest absolute Gasteiger partial charge is 0.302 e. The molecule has 3 N–H and O–H groups in total. The molecule has 0 spiro atoms. The Morgan fingerprint density at radius 2 is 2.33 bits per heavy atom. The molecule has 0 aliphatic carbocycles. The van der Waals surface area contributed by atoms with Crippen molar-refractivity contribution in [3.63, 3.8) is 0 Å². The van der Waals surface area contributed by atoms with Gasteiger partial charge in [0.05, 0.1) is 0 Å². The quantitative estimate of drug-likeness (QED) is 0.565. The fraction of sp³-hybridized carbons (Fsp3) is 0.455. The Kier molecular flexibility index (Phi) is 3.26. The summed E-state index contributed by atoms with van der Waals surface area (Å²) in [7, 11) is 2.12. The Morgan fingerprint density at radius 3 is 3.07 bits per heavy atom. The Labute approximate surface area is 95.2 Å². The molecule has 1 aromatic carbocycles. The lowest BCUT2D eigenvalue weighted by Crippen LogP contribution is -2.29. The maximum atomic E-state index is 6.01. The predicted octanol–water partition coefficient (Wildman–Crippen LogP) is 1.68. The Balaban J connectivity index is 2.41. The molecule has 0 saturated heterocycles. The minimum absolute atomic E-state index is 0.212. The van der Waals surface area contributed by atoms with Gasteiger partial charge >= 0.3 is 0 Å². The summed E-state index contributed by atoms with van der Waals surface area (Å²) in [6.07, 6.45) is 1.01. The van der Waals surface area contributed by atoms with Crippen LogP contribution in [0.15, 0.2) is 18.2 Å². The van der Waals surface area contributed by atoms with Crippen molar-refractivity contribution in [1.82, 2.24) is 10.3 Å². The van der Waals surface area contributed by atoms with Crippen LogP contribution in [0.1, 0.15) is 23.6 Å². The summed E-state index contributed by atoms with van der Waals surface area (Å²) in [4.78, 5) is 2.30. The minimum atomic E-state index is 0.212. The van der Waals surface area contributed by atoms with Crippen molar-refractivity contribution >= 4 is 11.6 Å². The Morgan fingerprint density at radius 1 is 1.53 bits per heavy atom. The van der Waals surface area contributed by atoms with E-state index in [1.54, 1.807) is 0 Å². The fourth-order valence-electron chi connectivity index (χ4n) is 2.08. The SMILES string of the molecule is CN1CC[C@@H](NN)c2cc(Cl)ccc2C1. The summed E-state index contributed by atoms with van der Waals surface area (Å²) < 4.78 is 0. The fourth-order valence-corrected chi connectivity index (χ4v) is 2.26. The van der Waals surface area contributed by atoms with E-state index in [0.29, 0.717) is 0 Å². The molecule has 1 heterocycles. The zero-order chi connectivity index (χ0) is 10.8. The van der Waals surface area contributed by atoms with Gasteiger partial charge in [-0.3, -0.25) is 11.3 Å². The number of rotatable bonds is 1. The average molecular weight is 226 g/mol. The third-order valence-electron chi connectivity index (χ3n) is 2.92. The number of hydrazine groups is 1. The molecule has 1 aliphatic heterocycles. The molecular formula is C11H16ClN3. The molecule has 0 unspecified atom stereocenters. The van der Waals surface area contributed by atoms with Crippen molar-refractivity contribution in [2.75, 3.05) is 13.6 Å². The third kappa shape index (κ3) is 2.32. The van der Waals surface area contributed by atoms with Crippen molar-refractivity contribution in [1.29, 1.82) is 0 Å². The summed E-state index contributed by atoms with van der Waals surface area (Å²) in [5.74, 6) is 5.57. The first-order valence-electron chi connectivity index (χ1n) is 5.13. The molecule has 15 heavy (non-hydrogen) atoms. The lowest BCUT2D eigenvalue weighted by Gasteiger charge is -2.15. The molecule has 1 aliphatic rings. The van der Waals surface area contributed by atoms with Crippen molar-refractivity contribution < 1.29 is 0 Å². The summed E-state index contributed by atoms with van der Waals surface area (Å²) in [5.41, 5.74) is 5.40. The van der Waals surface area contributed by atoms with Gasteiger partial charge in [0.1, 0.15) is 0 Å². The van der Waals surface area contributed by atoms with Gasteiger partial charge in [-0.05, 0) is 36.7 Å². The van der Waals surface area contributed by atoms with E-state index in [9.17, 15) is 0 Å². The first kappa shape index (κ1) is 10.9. The second-order valence-corrected chi connectivity index (χ2v) is 4.53. The third-order valence-corrected chi connectivity index (χ3v) is 3.16. The highest BCUT2D eigenvalue weighted by Crippen LogP contribution is 2.27. The number of fused-ring (bicyclic) bond motifs is 1. The number of nitrogens with one attached hydrogen (secondary N) is 1. The Bertz CT molecular complexity index is 354. The van der Waals surface area contributed by atoms with Gasteiger partial charge in [0.15, 0.2) is 0 Å². The number of hydrogen-bond donors (Lipinski definition) is 2. The highest BCUT2D eigenvalue weighted by Gasteiger charge is 2.19. The molecule has 0 radical (unpaired) electrons. The van der Waals surface area contributed by atoms with Crippen LogP contribution < -0.4 is 11.3 Å². The summed E-state index contributed by atoms with van der Waals surface area (Å²) in [5, 5.41) is 0.776. The van der Waals surface area contributed by atoms with Crippen LogP contribution in [0.4, 0.5) is 0 Å². The molecule has 82 valence electrons. The molecule has 0 bridgehead atoms. The zero-order valence-corrected chi connectivity index (χ0v) is 9.59. The van der Waals surface area contributed by atoms with Crippen LogP contribution in [-0.4, -0.2) is 18.5 Å². The maximum absolute atomic E-state index is 6.01. The van der Waals surface area contributed by atoms with E-state index in [-0.39, 0.29) is 6.04 Å². The van der Waals surface area contributed by atoms with Crippen LogP contribution in [-0.2, 0) is 6.54 Å². The topological polar surface area (TPSA) is 41.3 Å². The highest BCUT2D eigenvalue weighted by molar-refractivity contribution is 6.30. The van der Waals surface area contributed by atoms with Gasteiger partial charge in [-0.2, -0.15) is 0 Å². The number of nitrogens with two attached hydrogens (primary N) is 1. The molecule has 0 amide bonds. The smallest absolute Gasteiger partial charge is 0.0475 e. The number of halogens is 1. The lowest BCUT2D eigenvalue weighted by molar-refractivity contribution is 0.318. The first-order valence-corrected chi connectivity index (χ1v) is 5.51. The van der Waals surface area contributed by atoms with Crippen molar-refractivity contribution in [3.05, 3.63) is 34.3 Å². The number of hydrogen-bond acceptors (Lipinski definition) is 3. The molecule has 0 fully saturated rings. The van der Waals surface area contributed by atoms with Crippen LogP contribution in [0.5, 0.6) is 0 Å². The van der Waals surface area contributed by atoms with E-state index in [2.05, 4.69) is 23.4 Å². The van der Waals surface area contributed by atoms with E-state index < -0.39 is 0 Å². The average Bonchev–Trinajstić information content (AvgIpc) is 2.37. The standard InChI is InChI=1S/C11H16ClN3/c1-15-5-4-11(14-13)10-6-9(12)3-2-8(10)7-15/h2-3,6,11,14H,4-5,7,13H2,1H3/t11-/m1/s1. The molecule has 4 heteroatoms. The molecule has 1 atom stereocenters. The van der Waals surface area contributed by atoms with E-state index in [1.165, 1.54) is 11.1 Å². The van der Waals surface area contributed by atoms with Crippen LogP contribution in [0.3, 0.4) is 0 Å². The van der Waals surface area contributed by atoms with Crippen molar-refractivity contribution in [2.24, 2.45) is 5.84 Å². The lowest BCUT2D eigenvalue weighted by atomic mass is 10.00. The van der Waals surface area contributed by atoms with Gasteiger partial charge in [-0.25, -0.2) is 0 Å². The predicted molar refractivity (Wildman–Crippen MR) is 62.5 cm³/mol.